The molecular formula is C14H15NO4. The smallest absolute Gasteiger partial charge is 0.358 e. The first-order chi connectivity index (χ1) is 9.10. The fourth-order valence-electron chi connectivity index (χ4n) is 1.30. The monoisotopic (exact) mass is 261 g/mol. The normalized spacial score (nSPS) is 9.53. The van der Waals surface area contributed by atoms with E-state index in [0.29, 0.717) is 0 Å². The summed E-state index contributed by atoms with van der Waals surface area (Å²) in [7, 11) is 0. The number of aryl methyl sites for hydroxylation is 1. The number of carbonyl (C=O) groups excluding carboxylic acids is 2. The van der Waals surface area contributed by atoms with Gasteiger partial charge < -0.3 is 9.47 Å². The zero-order valence-electron chi connectivity index (χ0n) is 10.7. The van der Waals surface area contributed by atoms with E-state index >= 15 is 0 Å². The van der Waals surface area contributed by atoms with E-state index in [-0.39, 0.29) is 24.5 Å². The van der Waals surface area contributed by atoms with Gasteiger partial charge in [0.2, 0.25) is 0 Å². The van der Waals surface area contributed by atoms with Crippen molar-refractivity contribution in [2.75, 3.05) is 13.2 Å². The van der Waals surface area contributed by atoms with Crippen LogP contribution in [0.3, 0.4) is 0 Å². The average molecular weight is 261 g/mol. The molecule has 1 rings (SSSR count). The van der Waals surface area contributed by atoms with Crippen molar-refractivity contribution in [2.45, 2.75) is 6.92 Å². The van der Waals surface area contributed by atoms with Gasteiger partial charge in [0.15, 0.2) is 5.69 Å². The Kier molecular flexibility index (Phi) is 5.47. The fourth-order valence-corrected chi connectivity index (χ4v) is 1.30. The van der Waals surface area contributed by atoms with Gasteiger partial charge in [0.05, 0.1) is 5.56 Å². The summed E-state index contributed by atoms with van der Waals surface area (Å²) in [5, 5.41) is 0. The number of esters is 2. The maximum absolute atomic E-state index is 11.8. The van der Waals surface area contributed by atoms with Crippen LogP contribution in [0.15, 0.2) is 37.6 Å². The Morgan fingerprint density at radius 1 is 1.21 bits per heavy atom. The number of aromatic nitrogens is 1. The molecule has 0 saturated carbocycles. The Hall–Kier alpha value is -2.43. The zero-order valence-corrected chi connectivity index (χ0v) is 10.7. The van der Waals surface area contributed by atoms with Gasteiger partial charge in [-0.3, -0.25) is 0 Å². The summed E-state index contributed by atoms with van der Waals surface area (Å²) in [5.41, 5.74) is 0.753. The van der Waals surface area contributed by atoms with Gasteiger partial charge in [0.1, 0.15) is 13.2 Å². The highest BCUT2D eigenvalue weighted by atomic mass is 16.5. The van der Waals surface area contributed by atoms with Crippen LogP contribution >= 0.6 is 0 Å². The van der Waals surface area contributed by atoms with Gasteiger partial charge in [0.25, 0.3) is 0 Å². The molecule has 0 unspecified atom stereocenters. The summed E-state index contributed by atoms with van der Waals surface area (Å²) in [6, 6.07) is 1.53. The van der Waals surface area contributed by atoms with E-state index in [1.807, 2.05) is 0 Å². The van der Waals surface area contributed by atoms with E-state index in [0.717, 1.165) is 5.56 Å². The van der Waals surface area contributed by atoms with Crippen LogP contribution in [-0.4, -0.2) is 30.1 Å². The molecule has 0 atom stereocenters. The van der Waals surface area contributed by atoms with Crippen molar-refractivity contribution >= 4 is 11.9 Å². The third-order valence-corrected chi connectivity index (χ3v) is 2.10. The predicted molar refractivity (Wildman–Crippen MR) is 69.9 cm³/mol. The van der Waals surface area contributed by atoms with Gasteiger partial charge in [0, 0.05) is 6.20 Å². The lowest BCUT2D eigenvalue weighted by Gasteiger charge is -2.08. The Labute approximate surface area is 111 Å². The van der Waals surface area contributed by atoms with Gasteiger partial charge in [-0.1, -0.05) is 25.3 Å². The molecule has 1 aromatic heterocycles. The van der Waals surface area contributed by atoms with E-state index in [1.165, 1.54) is 24.4 Å². The third-order valence-electron chi connectivity index (χ3n) is 2.10. The second kappa shape index (κ2) is 7.10. The van der Waals surface area contributed by atoms with Crippen LogP contribution in [-0.2, 0) is 9.47 Å². The van der Waals surface area contributed by atoms with E-state index in [9.17, 15) is 9.59 Å². The molecule has 19 heavy (non-hydrogen) atoms. The number of hydrogen-bond acceptors (Lipinski definition) is 5. The summed E-state index contributed by atoms with van der Waals surface area (Å²) in [5.74, 6) is -1.33. The summed E-state index contributed by atoms with van der Waals surface area (Å²) in [6.45, 7) is 8.76. The van der Waals surface area contributed by atoms with Gasteiger partial charge in [-0.2, -0.15) is 0 Å². The lowest BCUT2D eigenvalue weighted by atomic mass is 10.1. The average Bonchev–Trinajstić information content (AvgIpc) is 2.41. The van der Waals surface area contributed by atoms with Crippen molar-refractivity contribution in [3.63, 3.8) is 0 Å². The van der Waals surface area contributed by atoms with Crippen molar-refractivity contribution in [3.05, 3.63) is 54.4 Å². The van der Waals surface area contributed by atoms with Crippen molar-refractivity contribution in [1.29, 1.82) is 0 Å². The molecule has 0 aliphatic heterocycles. The largest absolute Gasteiger partial charge is 0.458 e. The number of pyridine rings is 1. The van der Waals surface area contributed by atoms with Crippen LogP contribution in [0.1, 0.15) is 26.4 Å². The maximum atomic E-state index is 11.8. The molecule has 1 aromatic rings. The minimum atomic E-state index is -0.689. The van der Waals surface area contributed by atoms with Gasteiger partial charge >= 0.3 is 11.9 Å². The number of carbonyl (C=O) groups is 2. The number of nitrogens with zero attached hydrogens (tertiary/aromatic N) is 1. The number of rotatable bonds is 6. The first-order valence-electron chi connectivity index (χ1n) is 5.62. The minimum absolute atomic E-state index is 0.0511. The second-order valence-corrected chi connectivity index (χ2v) is 3.68. The molecule has 5 heteroatoms. The third kappa shape index (κ3) is 4.06. The van der Waals surface area contributed by atoms with Crippen LogP contribution in [0.25, 0.3) is 0 Å². The standard InChI is InChI=1S/C14H15NO4/c1-4-6-18-13(16)11-8-10(3)9-15-12(11)14(17)19-7-5-2/h4-5,8-9H,1-2,6-7H2,3H3. The van der Waals surface area contributed by atoms with Crippen molar-refractivity contribution in [3.8, 4) is 0 Å². The van der Waals surface area contributed by atoms with Crippen LogP contribution in [0, 0.1) is 6.92 Å². The molecule has 0 aliphatic rings. The molecule has 0 aliphatic carbocycles. The summed E-state index contributed by atoms with van der Waals surface area (Å²) in [6.07, 6.45) is 4.35. The van der Waals surface area contributed by atoms with Gasteiger partial charge in [-0.25, -0.2) is 14.6 Å². The Bertz CT molecular complexity index is 508. The van der Waals surface area contributed by atoms with E-state index in [4.69, 9.17) is 9.47 Å². The predicted octanol–water partition coefficient (Wildman–Crippen LogP) is 2.08. The van der Waals surface area contributed by atoms with E-state index in [2.05, 4.69) is 18.1 Å². The molecule has 1 heterocycles. The Morgan fingerprint density at radius 2 is 1.79 bits per heavy atom. The summed E-state index contributed by atoms with van der Waals surface area (Å²) >= 11 is 0. The molecule has 0 bridgehead atoms. The highest BCUT2D eigenvalue weighted by molar-refractivity contribution is 6.01. The van der Waals surface area contributed by atoms with Crippen LogP contribution in [0.4, 0.5) is 0 Å². The molecule has 0 radical (unpaired) electrons. The van der Waals surface area contributed by atoms with E-state index < -0.39 is 11.9 Å². The number of ether oxygens (including phenoxy) is 2. The van der Waals surface area contributed by atoms with Crippen molar-refractivity contribution in [2.24, 2.45) is 0 Å². The van der Waals surface area contributed by atoms with Crippen LogP contribution in [0.5, 0.6) is 0 Å². The Morgan fingerprint density at radius 3 is 2.37 bits per heavy atom. The van der Waals surface area contributed by atoms with Gasteiger partial charge in [-0.15, -0.1) is 0 Å². The zero-order chi connectivity index (χ0) is 14.3. The van der Waals surface area contributed by atoms with Crippen LogP contribution < -0.4 is 0 Å². The number of hydrogen-bond donors (Lipinski definition) is 0. The topological polar surface area (TPSA) is 65.5 Å². The molecule has 0 N–H and O–H groups in total. The molecule has 0 aromatic carbocycles. The van der Waals surface area contributed by atoms with Crippen molar-refractivity contribution < 1.29 is 19.1 Å². The first kappa shape index (κ1) is 14.6. The van der Waals surface area contributed by atoms with Crippen LogP contribution in [0.2, 0.25) is 0 Å². The summed E-state index contributed by atoms with van der Waals surface area (Å²) < 4.78 is 9.77. The molecule has 0 spiro atoms. The lowest BCUT2D eigenvalue weighted by molar-refractivity contribution is 0.0497. The molecule has 0 amide bonds. The summed E-state index contributed by atoms with van der Waals surface area (Å²) in [4.78, 5) is 27.5. The SMILES string of the molecule is C=CCOC(=O)c1cc(C)cnc1C(=O)OCC=C. The van der Waals surface area contributed by atoms with Gasteiger partial charge in [-0.05, 0) is 18.6 Å². The molecule has 0 fully saturated rings. The lowest BCUT2D eigenvalue weighted by Crippen LogP contribution is -2.16. The van der Waals surface area contributed by atoms with E-state index in [1.54, 1.807) is 6.92 Å². The highest BCUT2D eigenvalue weighted by Gasteiger charge is 2.21. The quantitative estimate of drug-likeness (QED) is 0.579. The molecule has 0 saturated heterocycles. The highest BCUT2D eigenvalue weighted by Crippen LogP contribution is 2.12. The molecule has 100 valence electrons. The first-order valence-corrected chi connectivity index (χ1v) is 5.62. The molecular weight excluding hydrogens is 246 g/mol. The van der Waals surface area contributed by atoms with Crippen molar-refractivity contribution in [1.82, 2.24) is 4.98 Å². The fraction of sp³-hybridized carbons (Fsp3) is 0.214. The minimum Gasteiger partial charge on any atom is -0.458 e. The maximum Gasteiger partial charge on any atom is 0.358 e. The molecule has 5 nitrogen and oxygen atoms in total. The second-order valence-electron chi connectivity index (χ2n) is 3.68. The Balaban J connectivity index is 3.03.